The zero-order valence-corrected chi connectivity index (χ0v) is 15.4. The highest BCUT2D eigenvalue weighted by molar-refractivity contribution is 6.31. The van der Waals surface area contributed by atoms with Crippen molar-refractivity contribution >= 4 is 34.2 Å². The number of hydrogen-bond donors (Lipinski definition) is 1. The fourth-order valence-electron chi connectivity index (χ4n) is 2.81. The summed E-state index contributed by atoms with van der Waals surface area (Å²) in [6.45, 7) is 2.12. The van der Waals surface area contributed by atoms with Crippen LogP contribution in [0.4, 0.5) is 5.69 Å². The molecule has 0 spiro atoms. The maximum atomic E-state index is 12.4. The minimum Gasteiger partial charge on any atom is -0.322 e. The van der Waals surface area contributed by atoms with E-state index in [1.54, 1.807) is 29.1 Å². The fourth-order valence-corrected chi connectivity index (χ4v) is 3.00. The number of nitrogens with one attached hydrogen (secondary N) is 1. The Kier molecular flexibility index (Phi) is 4.60. The van der Waals surface area contributed by atoms with E-state index in [4.69, 9.17) is 11.6 Å². The molecule has 0 atom stereocenters. The smallest absolute Gasteiger partial charge is 0.255 e. The predicted octanol–water partition coefficient (Wildman–Crippen LogP) is 4.89. The molecule has 5 nitrogen and oxygen atoms in total. The lowest BCUT2D eigenvalue weighted by Gasteiger charge is -2.05. The lowest BCUT2D eigenvalue weighted by molar-refractivity contribution is 0.102. The Morgan fingerprint density at radius 1 is 1.00 bits per heavy atom. The summed E-state index contributed by atoms with van der Waals surface area (Å²) in [7, 11) is 0. The molecule has 4 aromatic rings. The zero-order chi connectivity index (χ0) is 18.8. The SMILES string of the molecule is CCc1ccc(-n2nc3ccc(NC(=O)c4cccc(Cl)c4)cc3n2)cc1. The monoisotopic (exact) mass is 376 g/mol. The molecule has 0 aliphatic heterocycles. The van der Waals surface area contributed by atoms with Gasteiger partial charge < -0.3 is 5.32 Å². The molecular formula is C21H17ClN4O. The van der Waals surface area contributed by atoms with Crippen molar-refractivity contribution in [3.8, 4) is 5.69 Å². The van der Waals surface area contributed by atoms with E-state index < -0.39 is 0 Å². The third-order valence-corrected chi connectivity index (χ3v) is 4.54. The van der Waals surface area contributed by atoms with Crippen LogP contribution >= 0.6 is 11.6 Å². The largest absolute Gasteiger partial charge is 0.322 e. The van der Waals surface area contributed by atoms with Crippen LogP contribution < -0.4 is 5.32 Å². The van der Waals surface area contributed by atoms with Crippen molar-refractivity contribution in [1.82, 2.24) is 15.0 Å². The topological polar surface area (TPSA) is 59.8 Å². The number of carbonyl (C=O) groups is 1. The van der Waals surface area contributed by atoms with Gasteiger partial charge in [0.15, 0.2) is 0 Å². The molecular weight excluding hydrogens is 360 g/mol. The second-order valence-corrected chi connectivity index (χ2v) is 6.61. The first-order valence-electron chi connectivity index (χ1n) is 8.66. The van der Waals surface area contributed by atoms with Gasteiger partial charge in [-0.3, -0.25) is 4.79 Å². The van der Waals surface area contributed by atoms with Gasteiger partial charge in [0.25, 0.3) is 5.91 Å². The first-order chi connectivity index (χ1) is 13.1. The highest BCUT2D eigenvalue weighted by atomic mass is 35.5. The van der Waals surface area contributed by atoms with E-state index in [-0.39, 0.29) is 5.91 Å². The van der Waals surface area contributed by atoms with Crippen LogP contribution in [0.25, 0.3) is 16.7 Å². The van der Waals surface area contributed by atoms with Crippen LogP contribution in [0.3, 0.4) is 0 Å². The van der Waals surface area contributed by atoms with Crippen molar-refractivity contribution in [2.24, 2.45) is 0 Å². The third-order valence-electron chi connectivity index (χ3n) is 4.30. The molecule has 3 aromatic carbocycles. The molecule has 0 aliphatic carbocycles. The van der Waals surface area contributed by atoms with E-state index >= 15 is 0 Å². The number of halogens is 1. The summed E-state index contributed by atoms with van der Waals surface area (Å²) in [5.41, 5.74) is 4.78. The van der Waals surface area contributed by atoms with Gasteiger partial charge in [-0.1, -0.05) is 36.7 Å². The molecule has 1 aromatic heterocycles. The van der Waals surface area contributed by atoms with Crippen molar-refractivity contribution in [2.45, 2.75) is 13.3 Å². The molecule has 27 heavy (non-hydrogen) atoms. The van der Waals surface area contributed by atoms with Crippen molar-refractivity contribution < 1.29 is 4.79 Å². The van der Waals surface area contributed by atoms with Crippen LogP contribution in [0.1, 0.15) is 22.8 Å². The number of benzene rings is 3. The summed E-state index contributed by atoms with van der Waals surface area (Å²) in [5, 5.41) is 12.4. The molecule has 0 bridgehead atoms. The van der Waals surface area contributed by atoms with E-state index in [0.29, 0.717) is 21.8 Å². The van der Waals surface area contributed by atoms with Crippen LogP contribution in [-0.4, -0.2) is 20.9 Å². The van der Waals surface area contributed by atoms with E-state index in [1.807, 2.05) is 30.3 Å². The number of anilines is 1. The third kappa shape index (κ3) is 3.68. The van der Waals surface area contributed by atoms with Crippen molar-refractivity contribution in [2.75, 3.05) is 5.32 Å². The Morgan fingerprint density at radius 2 is 1.78 bits per heavy atom. The molecule has 0 unspecified atom stereocenters. The summed E-state index contributed by atoms with van der Waals surface area (Å²) in [6.07, 6.45) is 0.991. The minimum absolute atomic E-state index is 0.223. The Balaban J connectivity index is 1.59. The van der Waals surface area contributed by atoms with E-state index in [0.717, 1.165) is 17.6 Å². The van der Waals surface area contributed by atoms with Crippen molar-refractivity contribution in [3.05, 3.63) is 82.9 Å². The summed E-state index contributed by atoms with van der Waals surface area (Å²) < 4.78 is 0. The van der Waals surface area contributed by atoms with Gasteiger partial charge in [-0.05, 0) is 60.5 Å². The first kappa shape index (κ1) is 17.2. The number of fused-ring (bicyclic) bond motifs is 1. The van der Waals surface area contributed by atoms with E-state index in [1.165, 1.54) is 5.56 Å². The maximum absolute atomic E-state index is 12.4. The normalized spacial score (nSPS) is 10.9. The Morgan fingerprint density at radius 3 is 2.52 bits per heavy atom. The van der Waals surface area contributed by atoms with Gasteiger partial charge in [0.05, 0.1) is 5.69 Å². The Hall–Kier alpha value is -3.18. The Bertz CT molecular complexity index is 1120. The predicted molar refractivity (Wildman–Crippen MR) is 108 cm³/mol. The van der Waals surface area contributed by atoms with Crippen molar-refractivity contribution in [3.63, 3.8) is 0 Å². The number of rotatable bonds is 4. The van der Waals surface area contributed by atoms with Crippen LogP contribution in [0, 0.1) is 0 Å². The molecule has 6 heteroatoms. The number of amides is 1. The summed E-state index contributed by atoms with van der Waals surface area (Å²) in [4.78, 5) is 14.0. The van der Waals surface area contributed by atoms with Gasteiger partial charge in [0.1, 0.15) is 11.0 Å². The van der Waals surface area contributed by atoms with Crippen molar-refractivity contribution in [1.29, 1.82) is 0 Å². The number of nitrogens with zero attached hydrogens (tertiary/aromatic N) is 3. The molecule has 1 N–H and O–H groups in total. The molecule has 1 heterocycles. The molecule has 0 aliphatic rings. The molecule has 0 radical (unpaired) electrons. The van der Waals surface area contributed by atoms with Crippen LogP contribution in [0.2, 0.25) is 5.02 Å². The number of aryl methyl sites for hydroxylation is 1. The van der Waals surface area contributed by atoms with E-state index in [9.17, 15) is 4.79 Å². The average Bonchev–Trinajstić information content (AvgIpc) is 3.11. The fraction of sp³-hybridized carbons (Fsp3) is 0.0952. The van der Waals surface area contributed by atoms with Crippen LogP contribution in [-0.2, 0) is 6.42 Å². The van der Waals surface area contributed by atoms with Gasteiger partial charge in [-0.15, -0.1) is 10.2 Å². The second kappa shape index (κ2) is 7.21. The zero-order valence-electron chi connectivity index (χ0n) is 14.7. The second-order valence-electron chi connectivity index (χ2n) is 6.18. The van der Waals surface area contributed by atoms with Crippen LogP contribution in [0.5, 0.6) is 0 Å². The molecule has 4 rings (SSSR count). The summed E-state index contributed by atoms with van der Waals surface area (Å²) >= 11 is 5.95. The lowest BCUT2D eigenvalue weighted by Crippen LogP contribution is -2.11. The number of carbonyl (C=O) groups excluding carboxylic acids is 1. The van der Waals surface area contributed by atoms with Gasteiger partial charge >= 0.3 is 0 Å². The summed E-state index contributed by atoms with van der Waals surface area (Å²) in [6, 6.07) is 20.4. The first-order valence-corrected chi connectivity index (χ1v) is 9.03. The van der Waals surface area contributed by atoms with Gasteiger partial charge in [0, 0.05) is 16.3 Å². The molecule has 0 saturated heterocycles. The molecule has 0 fully saturated rings. The molecule has 1 amide bonds. The summed E-state index contributed by atoms with van der Waals surface area (Å²) in [5.74, 6) is -0.223. The molecule has 0 saturated carbocycles. The van der Waals surface area contributed by atoms with Gasteiger partial charge in [-0.2, -0.15) is 4.80 Å². The van der Waals surface area contributed by atoms with E-state index in [2.05, 4.69) is 34.6 Å². The molecule has 134 valence electrons. The quantitative estimate of drug-likeness (QED) is 0.551. The highest BCUT2D eigenvalue weighted by Gasteiger charge is 2.09. The van der Waals surface area contributed by atoms with Gasteiger partial charge in [-0.25, -0.2) is 0 Å². The number of hydrogen-bond acceptors (Lipinski definition) is 3. The highest BCUT2D eigenvalue weighted by Crippen LogP contribution is 2.19. The number of aromatic nitrogens is 3. The average molecular weight is 377 g/mol. The standard InChI is InChI=1S/C21H17ClN4O/c1-2-14-6-9-18(10-7-14)26-24-19-11-8-17(13-20(19)25-26)23-21(27)15-4-3-5-16(22)12-15/h3-13H,2H2,1H3,(H,23,27). The minimum atomic E-state index is -0.223. The lowest BCUT2D eigenvalue weighted by atomic mass is 10.2. The van der Waals surface area contributed by atoms with Crippen LogP contribution in [0.15, 0.2) is 66.7 Å². The maximum Gasteiger partial charge on any atom is 0.255 e. The van der Waals surface area contributed by atoms with Gasteiger partial charge in [0.2, 0.25) is 0 Å². The Labute approximate surface area is 161 Å².